The van der Waals surface area contributed by atoms with Crippen LogP contribution in [0.4, 0.5) is 5.69 Å². The van der Waals surface area contributed by atoms with Crippen LogP contribution < -0.4 is 10.9 Å². The second-order valence-corrected chi connectivity index (χ2v) is 7.55. The fourth-order valence-corrected chi connectivity index (χ4v) is 4.01. The molecule has 0 atom stereocenters. The second kappa shape index (κ2) is 6.84. The van der Waals surface area contributed by atoms with Crippen molar-refractivity contribution in [2.24, 2.45) is 0 Å². The number of hydrogen-bond acceptors (Lipinski definition) is 6. The van der Waals surface area contributed by atoms with Crippen molar-refractivity contribution in [3.05, 3.63) is 45.2 Å². The van der Waals surface area contributed by atoms with E-state index < -0.39 is 5.56 Å². The predicted octanol–water partition coefficient (Wildman–Crippen LogP) is 3.38. The Morgan fingerprint density at radius 3 is 3.08 bits per heavy atom. The molecular formula is C15H12ClN3O3S2. The van der Waals surface area contributed by atoms with E-state index in [1.165, 1.54) is 23.1 Å². The Hall–Kier alpha value is -2.03. The molecule has 0 bridgehead atoms. The van der Waals surface area contributed by atoms with Crippen LogP contribution in [0.5, 0.6) is 5.75 Å². The van der Waals surface area contributed by atoms with E-state index in [0.29, 0.717) is 25.4 Å². The van der Waals surface area contributed by atoms with Crippen LogP contribution in [0.25, 0.3) is 10.3 Å². The number of thioether (sulfide) groups is 1. The third-order valence-electron chi connectivity index (χ3n) is 3.22. The molecule has 0 saturated heterocycles. The largest absolute Gasteiger partial charge is 0.506 e. The Balaban J connectivity index is 1.69. The molecule has 24 heavy (non-hydrogen) atoms. The lowest BCUT2D eigenvalue weighted by atomic mass is 10.2. The van der Waals surface area contributed by atoms with E-state index in [1.54, 1.807) is 18.2 Å². The average Bonchev–Trinajstić information content (AvgIpc) is 2.93. The number of aromatic hydroxyl groups is 1. The lowest BCUT2D eigenvalue weighted by Gasteiger charge is -2.08. The number of nitrogens with one attached hydrogen (secondary N) is 2. The number of carbonyl (C=O) groups excluding carboxylic acids is 1. The SMILES string of the molecule is Cc1c(Cl)cccc1NC(=O)CSc1nc2[nH]c(=O)cc(O)c2s1. The molecule has 3 N–H and O–H groups in total. The number of hydrogen-bond donors (Lipinski definition) is 3. The second-order valence-electron chi connectivity index (χ2n) is 4.93. The number of carbonyl (C=O) groups is 1. The number of thiazole rings is 1. The minimum atomic E-state index is -0.420. The maximum Gasteiger partial charge on any atom is 0.253 e. The highest BCUT2D eigenvalue weighted by atomic mass is 35.5. The Morgan fingerprint density at radius 2 is 2.29 bits per heavy atom. The van der Waals surface area contributed by atoms with Crippen molar-refractivity contribution in [2.75, 3.05) is 11.1 Å². The van der Waals surface area contributed by atoms with Crippen molar-refractivity contribution in [3.63, 3.8) is 0 Å². The minimum Gasteiger partial charge on any atom is -0.506 e. The van der Waals surface area contributed by atoms with E-state index in [1.807, 2.05) is 6.92 Å². The van der Waals surface area contributed by atoms with Gasteiger partial charge in [-0.3, -0.25) is 9.59 Å². The predicted molar refractivity (Wildman–Crippen MR) is 97.4 cm³/mol. The molecule has 124 valence electrons. The molecule has 6 nitrogen and oxygen atoms in total. The van der Waals surface area contributed by atoms with E-state index >= 15 is 0 Å². The molecule has 0 aliphatic heterocycles. The molecule has 0 unspecified atom stereocenters. The summed E-state index contributed by atoms with van der Waals surface area (Å²) in [4.78, 5) is 30.1. The first-order chi connectivity index (χ1) is 11.4. The average molecular weight is 382 g/mol. The first-order valence-corrected chi connectivity index (χ1v) is 9.02. The van der Waals surface area contributed by atoms with Gasteiger partial charge in [0.15, 0.2) is 9.99 Å². The maximum atomic E-state index is 12.1. The molecule has 1 amide bonds. The van der Waals surface area contributed by atoms with Crippen molar-refractivity contribution in [3.8, 4) is 5.75 Å². The Morgan fingerprint density at radius 1 is 1.50 bits per heavy atom. The summed E-state index contributed by atoms with van der Waals surface area (Å²) in [5.74, 6) is -0.156. The highest BCUT2D eigenvalue weighted by Gasteiger charge is 2.12. The molecule has 0 radical (unpaired) electrons. The lowest BCUT2D eigenvalue weighted by molar-refractivity contribution is -0.113. The van der Waals surface area contributed by atoms with Crippen molar-refractivity contribution in [1.29, 1.82) is 0 Å². The number of pyridine rings is 1. The van der Waals surface area contributed by atoms with Crippen LogP contribution in [0, 0.1) is 6.92 Å². The number of aromatic nitrogens is 2. The van der Waals surface area contributed by atoms with Gasteiger partial charge in [-0.05, 0) is 24.6 Å². The van der Waals surface area contributed by atoms with Crippen LogP contribution in [-0.4, -0.2) is 26.7 Å². The van der Waals surface area contributed by atoms with Crippen LogP contribution in [0.1, 0.15) is 5.56 Å². The molecule has 1 aromatic carbocycles. The minimum absolute atomic E-state index is 0.114. The lowest BCUT2D eigenvalue weighted by Crippen LogP contribution is -2.14. The van der Waals surface area contributed by atoms with Gasteiger partial charge >= 0.3 is 0 Å². The summed E-state index contributed by atoms with van der Waals surface area (Å²) in [5, 5.41) is 13.1. The van der Waals surface area contributed by atoms with Crippen LogP contribution in [-0.2, 0) is 4.79 Å². The summed E-state index contributed by atoms with van der Waals surface area (Å²) >= 11 is 8.47. The monoisotopic (exact) mass is 381 g/mol. The molecule has 2 aromatic heterocycles. The number of benzene rings is 1. The van der Waals surface area contributed by atoms with Gasteiger partial charge in [0, 0.05) is 16.8 Å². The van der Waals surface area contributed by atoms with Crippen molar-refractivity contribution < 1.29 is 9.90 Å². The standard InChI is InChI=1S/C15H12ClN3O3S2/c1-7-8(16)3-2-4-9(7)17-12(22)6-23-15-19-14-13(24-15)10(20)5-11(21)18-14/h2-5H,6H2,1H3,(H,17,22)(H2,18,20,21). The number of halogens is 1. The molecule has 0 saturated carbocycles. The summed E-state index contributed by atoms with van der Waals surface area (Å²) in [7, 11) is 0. The smallest absolute Gasteiger partial charge is 0.253 e. The van der Waals surface area contributed by atoms with Crippen LogP contribution >= 0.6 is 34.7 Å². The van der Waals surface area contributed by atoms with Crippen LogP contribution in [0.15, 0.2) is 33.4 Å². The highest BCUT2D eigenvalue weighted by Crippen LogP contribution is 2.33. The van der Waals surface area contributed by atoms with E-state index in [4.69, 9.17) is 11.6 Å². The molecule has 0 fully saturated rings. The zero-order valence-corrected chi connectivity index (χ0v) is 14.8. The van der Waals surface area contributed by atoms with Crippen LogP contribution in [0.3, 0.4) is 0 Å². The Labute approximate surface area is 149 Å². The number of amides is 1. The summed E-state index contributed by atoms with van der Waals surface area (Å²) in [6, 6.07) is 6.41. The molecule has 3 aromatic rings. The zero-order valence-electron chi connectivity index (χ0n) is 12.4. The number of rotatable bonds is 4. The van der Waals surface area contributed by atoms with E-state index in [9.17, 15) is 14.7 Å². The summed E-state index contributed by atoms with van der Waals surface area (Å²) in [6.45, 7) is 1.83. The molecule has 2 heterocycles. The maximum absolute atomic E-state index is 12.1. The van der Waals surface area contributed by atoms with Crippen molar-refractivity contribution >= 4 is 56.6 Å². The van der Waals surface area contributed by atoms with Gasteiger partial charge in [0.05, 0.1) is 5.75 Å². The van der Waals surface area contributed by atoms with Gasteiger partial charge < -0.3 is 15.4 Å². The third kappa shape index (κ3) is 3.55. The topological polar surface area (TPSA) is 95.1 Å². The Bertz CT molecular complexity index is 984. The fraction of sp³-hybridized carbons (Fsp3) is 0.133. The molecule has 0 aliphatic rings. The third-order valence-corrected chi connectivity index (χ3v) is 5.85. The number of anilines is 1. The number of aromatic amines is 1. The van der Waals surface area contributed by atoms with Crippen LogP contribution in [0.2, 0.25) is 5.02 Å². The molecular weight excluding hydrogens is 370 g/mol. The summed E-state index contributed by atoms with van der Waals surface area (Å²) in [5.41, 5.74) is 1.37. The van der Waals surface area contributed by atoms with Gasteiger partial charge in [0.1, 0.15) is 10.4 Å². The molecule has 0 spiro atoms. The highest BCUT2D eigenvalue weighted by molar-refractivity contribution is 8.01. The molecule has 0 aliphatic carbocycles. The van der Waals surface area contributed by atoms with Gasteiger partial charge in [-0.2, -0.15) is 0 Å². The zero-order chi connectivity index (χ0) is 17.3. The normalized spacial score (nSPS) is 10.9. The summed E-state index contributed by atoms with van der Waals surface area (Å²) < 4.78 is 1.07. The van der Waals surface area contributed by atoms with E-state index in [0.717, 1.165) is 11.6 Å². The molecule has 9 heteroatoms. The van der Waals surface area contributed by atoms with Gasteiger partial charge in [-0.1, -0.05) is 29.4 Å². The molecule has 3 rings (SSSR count). The van der Waals surface area contributed by atoms with E-state index in [-0.39, 0.29) is 17.4 Å². The van der Waals surface area contributed by atoms with Gasteiger partial charge in [-0.15, -0.1) is 11.3 Å². The van der Waals surface area contributed by atoms with Crippen molar-refractivity contribution in [1.82, 2.24) is 9.97 Å². The quantitative estimate of drug-likeness (QED) is 0.602. The van der Waals surface area contributed by atoms with Gasteiger partial charge in [0.2, 0.25) is 5.91 Å². The number of nitrogens with zero attached hydrogens (tertiary/aromatic N) is 1. The summed E-state index contributed by atoms with van der Waals surface area (Å²) in [6.07, 6.45) is 0. The van der Waals surface area contributed by atoms with Gasteiger partial charge in [0.25, 0.3) is 5.56 Å². The number of fused-ring (bicyclic) bond motifs is 1. The van der Waals surface area contributed by atoms with Gasteiger partial charge in [-0.25, -0.2) is 4.98 Å². The first-order valence-electron chi connectivity index (χ1n) is 6.84. The first kappa shape index (κ1) is 16.8. The van der Waals surface area contributed by atoms with E-state index in [2.05, 4.69) is 15.3 Å². The van der Waals surface area contributed by atoms with Crippen molar-refractivity contribution in [2.45, 2.75) is 11.3 Å². The fourth-order valence-electron chi connectivity index (χ4n) is 2.02. The Kier molecular flexibility index (Phi) is 4.79. The number of H-pyrrole nitrogens is 1.